The molecule has 0 fully saturated rings. The molecule has 0 aliphatic heterocycles. The van der Waals surface area contributed by atoms with Crippen LogP contribution in [-0.4, -0.2) is 26.3 Å². The topological polar surface area (TPSA) is 63.1 Å². The number of nitrogens with zero attached hydrogens (tertiary/aromatic N) is 2. The fourth-order valence-corrected chi connectivity index (χ4v) is 2.89. The van der Waals surface area contributed by atoms with Crippen LogP contribution in [0.1, 0.15) is 37.4 Å². The predicted octanol–water partition coefficient (Wildman–Crippen LogP) is 2.31. The number of aliphatic carboxylic acids is 1. The first kappa shape index (κ1) is 12.4. The standard InChI is InChI=1S/C12H16N2O2S/c1-8(12(15)16)17-11-9-5-3-2-4-6-10(9)13-7-14-11/h7-8H,2-6H2,1H3,(H,15,16). The lowest BCUT2D eigenvalue weighted by molar-refractivity contribution is -0.136. The summed E-state index contributed by atoms with van der Waals surface area (Å²) in [5.74, 6) is -0.795. The Labute approximate surface area is 105 Å². The number of hydrogen-bond acceptors (Lipinski definition) is 4. The highest BCUT2D eigenvalue weighted by molar-refractivity contribution is 8.00. The van der Waals surface area contributed by atoms with Gasteiger partial charge in [-0.15, -0.1) is 0 Å². The molecule has 1 atom stereocenters. The van der Waals surface area contributed by atoms with E-state index in [-0.39, 0.29) is 0 Å². The van der Waals surface area contributed by atoms with Crippen molar-refractivity contribution in [3.05, 3.63) is 17.6 Å². The van der Waals surface area contributed by atoms with Crippen molar-refractivity contribution in [2.45, 2.75) is 49.3 Å². The van der Waals surface area contributed by atoms with E-state index in [2.05, 4.69) is 9.97 Å². The monoisotopic (exact) mass is 252 g/mol. The van der Waals surface area contributed by atoms with Gasteiger partial charge in [0.25, 0.3) is 0 Å². The van der Waals surface area contributed by atoms with Crippen LogP contribution >= 0.6 is 11.8 Å². The minimum atomic E-state index is -0.795. The van der Waals surface area contributed by atoms with E-state index in [9.17, 15) is 4.79 Å². The van der Waals surface area contributed by atoms with Gasteiger partial charge in [0.15, 0.2) is 0 Å². The third kappa shape index (κ3) is 2.97. The van der Waals surface area contributed by atoms with E-state index in [1.54, 1.807) is 13.3 Å². The molecule has 92 valence electrons. The van der Waals surface area contributed by atoms with Gasteiger partial charge < -0.3 is 5.11 Å². The van der Waals surface area contributed by atoms with Crippen molar-refractivity contribution in [2.75, 3.05) is 0 Å². The number of hydrogen-bond donors (Lipinski definition) is 1. The van der Waals surface area contributed by atoms with Gasteiger partial charge in [-0.05, 0) is 32.6 Å². The number of aromatic nitrogens is 2. The molecule has 2 rings (SSSR count). The van der Waals surface area contributed by atoms with Gasteiger partial charge >= 0.3 is 5.97 Å². The Morgan fingerprint density at radius 3 is 2.88 bits per heavy atom. The minimum Gasteiger partial charge on any atom is -0.480 e. The highest BCUT2D eigenvalue weighted by atomic mass is 32.2. The second-order valence-electron chi connectivity index (χ2n) is 4.26. The smallest absolute Gasteiger partial charge is 0.316 e. The second-order valence-corrected chi connectivity index (χ2v) is 5.59. The van der Waals surface area contributed by atoms with Gasteiger partial charge in [-0.2, -0.15) is 0 Å². The van der Waals surface area contributed by atoms with Crippen LogP contribution in [0.3, 0.4) is 0 Å². The summed E-state index contributed by atoms with van der Waals surface area (Å²) in [5.41, 5.74) is 2.28. The van der Waals surface area contributed by atoms with Gasteiger partial charge in [0.2, 0.25) is 0 Å². The maximum absolute atomic E-state index is 10.9. The molecular weight excluding hydrogens is 236 g/mol. The van der Waals surface area contributed by atoms with E-state index < -0.39 is 11.2 Å². The van der Waals surface area contributed by atoms with Crippen LogP contribution in [0.4, 0.5) is 0 Å². The number of thioether (sulfide) groups is 1. The lowest BCUT2D eigenvalue weighted by atomic mass is 10.1. The zero-order valence-electron chi connectivity index (χ0n) is 9.85. The number of carboxylic acid groups (broad SMARTS) is 1. The Kier molecular flexibility index (Phi) is 3.99. The van der Waals surface area contributed by atoms with Crippen molar-refractivity contribution in [2.24, 2.45) is 0 Å². The van der Waals surface area contributed by atoms with E-state index in [4.69, 9.17) is 5.11 Å². The van der Waals surface area contributed by atoms with Gasteiger partial charge in [-0.3, -0.25) is 4.79 Å². The van der Waals surface area contributed by atoms with Crippen LogP contribution in [0.5, 0.6) is 0 Å². The van der Waals surface area contributed by atoms with E-state index in [1.807, 2.05) is 0 Å². The van der Waals surface area contributed by atoms with E-state index >= 15 is 0 Å². The molecular formula is C12H16N2O2S. The number of carbonyl (C=O) groups is 1. The molecule has 0 saturated carbocycles. The normalized spacial score (nSPS) is 17.0. The van der Waals surface area contributed by atoms with E-state index in [0.717, 1.165) is 30.0 Å². The van der Waals surface area contributed by atoms with Crippen molar-refractivity contribution in [3.8, 4) is 0 Å². The Morgan fingerprint density at radius 2 is 2.12 bits per heavy atom. The minimum absolute atomic E-state index is 0.461. The molecule has 5 heteroatoms. The number of carboxylic acids is 1. The average Bonchev–Trinajstić information content (AvgIpc) is 2.54. The van der Waals surface area contributed by atoms with Crippen LogP contribution in [0.25, 0.3) is 0 Å². The molecule has 0 bridgehead atoms. The zero-order valence-corrected chi connectivity index (χ0v) is 10.7. The summed E-state index contributed by atoms with van der Waals surface area (Å²) in [5, 5.41) is 9.33. The zero-order chi connectivity index (χ0) is 12.3. The Morgan fingerprint density at radius 1 is 1.35 bits per heavy atom. The molecule has 1 N–H and O–H groups in total. The van der Waals surface area contributed by atoms with Crippen LogP contribution in [-0.2, 0) is 17.6 Å². The summed E-state index contributed by atoms with van der Waals surface area (Å²) in [6.45, 7) is 1.69. The molecule has 0 amide bonds. The van der Waals surface area contributed by atoms with Gasteiger partial charge in [0.05, 0.1) is 0 Å². The van der Waals surface area contributed by atoms with Gasteiger partial charge in [0, 0.05) is 11.3 Å². The van der Waals surface area contributed by atoms with Crippen LogP contribution in [0, 0.1) is 0 Å². The molecule has 0 spiro atoms. The first-order valence-corrected chi connectivity index (χ1v) is 6.78. The van der Waals surface area contributed by atoms with Gasteiger partial charge in [-0.1, -0.05) is 18.2 Å². The van der Waals surface area contributed by atoms with Crippen LogP contribution in [0.15, 0.2) is 11.4 Å². The van der Waals surface area contributed by atoms with E-state index in [0.29, 0.717) is 0 Å². The first-order valence-electron chi connectivity index (χ1n) is 5.90. The maximum atomic E-state index is 10.9. The molecule has 1 aliphatic rings. The Bertz CT molecular complexity index is 423. The third-order valence-electron chi connectivity index (χ3n) is 2.97. The molecule has 0 aromatic carbocycles. The summed E-state index contributed by atoms with van der Waals surface area (Å²) < 4.78 is 0. The molecule has 1 aromatic rings. The van der Waals surface area contributed by atoms with Crippen molar-refractivity contribution in [1.82, 2.24) is 9.97 Å². The molecule has 0 saturated heterocycles. The molecule has 1 unspecified atom stereocenters. The van der Waals surface area contributed by atoms with Gasteiger partial charge in [-0.25, -0.2) is 9.97 Å². The van der Waals surface area contributed by atoms with Crippen molar-refractivity contribution in [3.63, 3.8) is 0 Å². The number of fused-ring (bicyclic) bond motifs is 1. The average molecular weight is 252 g/mol. The fraction of sp³-hybridized carbons (Fsp3) is 0.583. The molecule has 1 aromatic heterocycles. The quantitative estimate of drug-likeness (QED) is 0.508. The maximum Gasteiger partial charge on any atom is 0.316 e. The predicted molar refractivity (Wildman–Crippen MR) is 66.2 cm³/mol. The van der Waals surface area contributed by atoms with Crippen LogP contribution in [0.2, 0.25) is 0 Å². The Hall–Kier alpha value is -1.10. The largest absolute Gasteiger partial charge is 0.480 e. The first-order chi connectivity index (χ1) is 8.18. The summed E-state index contributed by atoms with van der Waals surface area (Å²) in [6.07, 6.45) is 7.06. The van der Waals surface area contributed by atoms with Crippen LogP contribution < -0.4 is 0 Å². The Balaban J connectivity index is 2.25. The highest BCUT2D eigenvalue weighted by Gasteiger charge is 2.19. The molecule has 1 aliphatic carbocycles. The third-order valence-corrected chi connectivity index (χ3v) is 4.10. The molecule has 4 nitrogen and oxygen atoms in total. The fourth-order valence-electron chi connectivity index (χ4n) is 1.99. The summed E-state index contributed by atoms with van der Waals surface area (Å²) >= 11 is 1.32. The summed E-state index contributed by atoms with van der Waals surface area (Å²) in [6, 6.07) is 0. The number of rotatable bonds is 3. The molecule has 0 radical (unpaired) electrons. The van der Waals surface area contributed by atoms with E-state index in [1.165, 1.54) is 30.2 Å². The highest BCUT2D eigenvalue weighted by Crippen LogP contribution is 2.29. The lowest BCUT2D eigenvalue weighted by Crippen LogP contribution is -2.12. The van der Waals surface area contributed by atoms with Gasteiger partial charge in [0.1, 0.15) is 16.6 Å². The number of aryl methyl sites for hydroxylation is 1. The lowest BCUT2D eigenvalue weighted by Gasteiger charge is -2.11. The molecule has 17 heavy (non-hydrogen) atoms. The molecule has 1 heterocycles. The second kappa shape index (κ2) is 5.49. The van der Waals surface area contributed by atoms with Crippen molar-refractivity contribution in [1.29, 1.82) is 0 Å². The van der Waals surface area contributed by atoms with Crippen molar-refractivity contribution >= 4 is 17.7 Å². The summed E-state index contributed by atoms with van der Waals surface area (Å²) in [4.78, 5) is 19.4. The SMILES string of the molecule is CC(Sc1ncnc2c1CCCCC2)C(=O)O. The van der Waals surface area contributed by atoms with Crippen molar-refractivity contribution < 1.29 is 9.90 Å². The summed E-state index contributed by atoms with van der Waals surface area (Å²) in [7, 11) is 0.